The third-order valence-corrected chi connectivity index (χ3v) is 4.18. The lowest BCUT2D eigenvalue weighted by molar-refractivity contribution is -0.150. The van der Waals surface area contributed by atoms with E-state index in [1.807, 2.05) is 6.92 Å². The molecule has 0 unspecified atom stereocenters. The fraction of sp³-hybridized carbons (Fsp3) is 0.750. The molecule has 2 N–H and O–H groups in total. The average Bonchev–Trinajstić information content (AvgIpc) is 2.45. The van der Waals surface area contributed by atoms with Gasteiger partial charge in [0.05, 0.1) is 6.54 Å². The highest BCUT2D eigenvalue weighted by Gasteiger charge is 2.34. The minimum Gasteiger partial charge on any atom is -0.480 e. The van der Waals surface area contributed by atoms with Crippen LogP contribution >= 0.6 is 0 Å². The van der Waals surface area contributed by atoms with Gasteiger partial charge in [0, 0.05) is 6.54 Å². The Morgan fingerprint density at radius 3 is 2.62 bits per heavy atom. The van der Waals surface area contributed by atoms with E-state index in [2.05, 4.69) is 11.4 Å². The van der Waals surface area contributed by atoms with Crippen molar-refractivity contribution in [3.8, 4) is 0 Å². The summed E-state index contributed by atoms with van der Waals surface area (Å²) in [6, 6.07) is 0. The fourth-order valence-electron chi connectivity index (χ4n) is 2.56. The first kappa shape index (κ1) is 17.7. The van der Waals surface area contributed by atoms with Crippen LogP contribution < -0.4 is 5.32 Å². The molecule has 1 rings (SSSR count). The number of nitrogens with one attached hydrogen (secondary N) is 1. The summed E-state index contributed by atoms with van der Waals surface area (Å²) in [4.78, 5) is 24.9. The Labute approximate surface area is 127 Å². The Hall–Kier alpha value is -1.36. The van der Waals surface area contributed by atoms with Gasteiger partial charge in [-0.2, -0.15) is 0 Å². The van der Waals surface area contributed by atoms with E-state index in [9.17, 15) is 14.7 Å². The number of carboxylic acids is 1. The monoisotopic (exact) mass is 296 g/mol. The van der Waals surface area contributed by atoms with Crippen LogP contribution in [-0.4, -0.2) is 47.1 Å². The van der Waals surface area contributed by atoms with Crippen molar-refractivity contribution in [3.63, 3.8) is 0 Å². The molecule has 0 aromatic rings. The van der Waals surface area contributed by atoms with E-state index in [0.717, 1.165) is 19.3 Å². The van der Waals surface area contributed by atoms with Gasteiger partial charge in [-0.15, -0.1) is 0 Å². The summed E-state index contributed by atoms with van der Waals surface area (Å²) >= 11 is 0. The first-order valence-corrected chi connectivity index (χ1v) is 7.81. The minimum absolute atomic E-state index is 0.109. The summed E-state index contributed by atoms with van der Waals surface area (Å²) in [5.41, 5.74) is 0.401. The first-order chi connectivity index (χ1) is 9.87. The van der Waals surface area contributed by atoms with Crippen molar-refractivity contribution in [1.29, 1.82) is 0 Å². The maximum atomic E-state index is 12.0. The molecule has 0 fully saturated rings. The number of rotatable bonds is 8. The van der Waals surface area contributed by atoms with Gasteiger partial charge in [0.25, 0.3) is 0 Å². The molecule has 0 spiro atoms. The SMILES string of the molecule is CCN(CC(=O)NCCC1=CCCCC1)C(C)(C)C(=O)O. The number of carbonyl (C=O) groups is 2. The maximum absolute atomic E-state index is 12.0. The van der Waals surface area contributed by atoms with E-state index in [1.165, 1.54) is 18.4 Å². The van der Waals surface area contributed by atoms with E-state index in [1.54, 1.807) is 18.7 Å². The molecule has 0 aliphatic heterocycles. The second kappa shape index (κ2) is 8.17. The molecule has 120 valence electrons. The largest absolute Gasteiger partial charge is 0.480 e. The van der Waals surface area contributed by atoms with Crippen LogP contribution in [0.4, 0.5) is 0 Å². The van der Waals surface area contributed by atoms with Gasteiger partial charge in [-0.1, -0.05) is 18.6 Å². The Kier molecular flexibility index (Phi) is 6.89. The van der Waals surface area contributed by atoms with Crippen molar-refractivity contribution in [2.45, 2.75) is 58.4 Å². The number of nitrogens with zero attached hydrogens (tertiary/aromatic N) is 1. The van der Waals surface area contributed by atoms with E-state index in [4.69, 9.17) is 0 Å². The zero-order valence-electron chi connectivity index (χ0n) is 13.4. The topological polar surface area (TPSA) is 69.6 Å². The highest BCUT2D eigenvalue weighted by molar-refractivity contribution is 5.81. The van der Waals surface area contributed by atoms with Gasteiger partial charge in [-0.25, -0.2) is 0 Å². The zero-order valence-corrected chi connectivity index (χ0v) is 13.4. The second-order valence-electron chi connectivity index (χ2n) is 6.09. The van der Waals surface area contributed by atoms with Crippen LogP contribution in [0.3, 0.4) is 0 Å². The van der Waals surface area contributed by atoms with Crippen LogP contribution in [0.25, 0.3) is 0 Å². The normalized spacial score (nSPS) is 15.7. The van der Waals surface area contributed by atoms with Crippen LogP contribution in [-0.2, 0) is 9.59 Å². The van der Waals surface area contributed by atoms with Crippen molar-refractivity contribution in [3.05, 3.63) is 11.6 Å². The lowest BCUT2D eigenvalue weighted by atomic mass is 9.97. The Balaban J connectivity index is 2.37. The van der Waals surface area contributed by atoms with Gasteiger partial charge < -0.3 is 10.4 Å². The third kappa shape index (κ3) is 5.50. The smallest absolute Gasteiger partial charge is 0.323 e. The van der Waals surface area contributed by atoms with Crippen LogP contribution in [0.1, 0.15) is 52.9 Å². The van der Waals surface area contributed by atoms with Crippen LogP contribution in [0.2, 0.25) is 0 Å². The fourth-order valence-corrected chi connectivity index (χ4v) is 2.56. The minimum atomic E-state index is -1.03. The van der Waals surface area contributed by atoms with Crippen molar-refractivity contribution < 1.29 is 14.7 Å². The van der Waals surface area contributed by atoms with Crippen molar-refractivity contribution in [2.75, 3.05) is 19.6 Å². The lowest BCUT2D eigenvalue weighted by Gasteiger charge is -2.33. The van der Waals surface area contributed by atoms with Gasteiger partial charge in [0.2, 0.25) is 5.91 Å². The number of hydrogen-bond acceptors (Lipinski definition) is 3. The number of amides is 1. The molecule has 21 heavy (non-hydrogen) atoms. The molecule has 0 saturated heterocycles. The van der Waals surface area contributed by atoms with Crippen molar-refractivity contribution in [1.82, 2.24) is 10.2 Å². The highest BCUT2D eigenvalue weighted by Crippen LogP contribution is 2.19. The molecular weight excluding hydrogens is 268 g/mol. The molecule has 0 radical (unpaired) electrons. The maximum Gasteiger partial charge on any atom is 0.323 e. The van der Waals surface area contributed by atoms with Gasteiger partial charge in [-0.3, -0.25) is 14.5 Å². The molecule has 0 saturated carbocycles. The number of carboxylic acid groups (broad SMARTS) is 1. The molecule has 0 atom stereocenters. The van der Waals surface area contributed by atoms with Gasteiger partial charge in [-0.05, 0) is 52.5 Å². The summed E-state index contributed by atoms with van der Waals surface area (Å²) < 4.78 is 0. The molecule has 1 amide bonds. The molecule has 1 aliphatic carbocycles. The summed E-state index contributed by atoms with van der Waals surface area (Å²) in [6.45, 7) is 6.39. The van der Waals surface area contributed by atoms with Crippen molar-refractivity contribution >= 4 is 11.9 Å². The Morgan fingerprint density at radius 2 is 2.10 bits per heavy atom. The molecule has 1 aliphatic rings. The number of carbonyl (C=O) groups excluding carboxylic acids is 1. The molecule has 0 aromatic carbocycles. The summed E-state index contributed by atoms with van der Waals surface area (Å²) in [7, 11) is 0. The third-order valence-electron chi connectivity index (χ3n) is 4.18. The molecule has 0 bridgehead atoms. The summed E-state index contributed by atoms with van der Waals surface area (Å²) in [5.74, 6) is -1.02. The molecular formula is C16H28N2O3. The lowest BCUT2D eigenvalue weighted by Crippen LogP contribution is -2.53. The standard InChI is InChI=1S/C16H28N2O3/c1-4-18(16(2,3)15(20)21)12-14(19)17-11-10-13-8-6-5-7-9-13/h8H,4-7,9-12H2,1-3H3,(H,17,19)(H,20,21). The van der Waals surface area contributed by atoms with E-state index < -0.39 is 11.5 Å². The predicted octanol–water partition coefficient (Wildman–Crippen LogP) is 2.18. The molecule has 5 heteroatoms. The second-order valence-corrected chi connectivity index (χ2v) is 6.09. The average molecular weight is 296 g/mol. The molecule has 5 nitrogen and oxygen atoms in total. The van der Waals surface area contributed by atoms with Crippen LogP contribution in [0.15, 0.2) is 11.6 Å². The number of hydrogen-bond donors (Lipinski definition) is 2. The van der Waals surface area contributed by atoms with E-state index in [0.29, 0.717) is 13.1 Å². The van der Waals surface area contributed by atoms with Gasteiger partial charge in [0.15, 0.2) is 0 Å². The Morgan fingerprint density at radius 1 is 1.38 bits per heavy atom. The van der Waals surface area contributed by atoms with Crippen LogP contribution in [0.5, 0.6) is 0 Å². The molecule has 0 heterocycles. The van der Waals surface area contributed by atoms with Gasteiger partial charge >= 0.3 is 5.97 Å². The molecule has 0 aromatic heterocycles. The summed E-state index contributed by atoms with van der Waals surface area (Å²) in [5, 5.41) is 12.1. The quantitative estimate of drug-likeness (QED) is 0.674. The number of likely N-dealkylation sites (N-methyl/N-ethyl adjacent to an activating group) is 1. The number of aliphatic carboxylic acids is 1. The van der Waals surface area contributed by atoms with Crippen LogP contribution in [0, 0.1) is 0 Å². The predicted molar refractivity (Wildman–Crippen MR) is 83.1 cm³/mol. The highest BCUT2D eigenvalue weighted by atomic mass is 16.4. The first-order valence-electron chi connectivity index (χ1n) is 7.81. The van der Waals surface area contributed by atoms with Gasteiger partial charge in [0.1, 0.15) is 5.54 Å². The van der Waals surface area contributed by atoms with Crippen molar-refractivity contribution in [2.24, 2.45) is 0 Å². The summed E-state index contributed by atoms with van der Waals surface area (Å²) in [6.07, 6.45) is 7.99. The zero-order chi connectivity index (χ0) is 15.9. The van der Waals surface area contributed by atoms with E-state index in [-0.39, 0.29) is 12.5 Å². The Bertz CT molecular complexity index is 402. The number of allylic oxidation sites excluding steroid dienone is 1. The van der Waals surface area contributed by atoms with E-state index >= 15 is 0 Å².